The fourth-order valence-corrected chi connectivity index (χ4v) is 2.82. The molecule has 0 saturated carbocycles. The molecular weight excluding hydrogens is 306 g/mol. The number of nitro benzene ring substituents is 1. The average Bonchev–Trinajstić information content (AvgIpc) is 2.58. The first-order chi connectivity index (χ1) is 11.8. The minimum Gasteiger partial charge on any atom is -0.315 e. The summed E-state index contributed by atoms with van der Waals surface area (Å²) in [6.45, 7) is 6.97. The van der Waals surface area contributed by atoms with E-state index in [4.69, 9.17) is 0 Å². The van der Waals surface area contributed by atoms with Crippen molar-refractivity contribution < 1.29 is 4.92 Å². The first-order valence-corrected chi connectivity index (χ1v) is 8.84. The van der Waals surface area contributed by atoms with Crippen LogP contribution in [0.25, 0.3) is 0 Å². The second-order valence-electron chi connectivity index (χ2n) is 6.19. The van der Waals surface area contributed by atoms with Gasteiger partial charge in [-0.05, 0) is 51.0 Å². The third-order valence-corrected chi connectivity index (χ3v) is 4.17. The van der Waals surface area contributed by atoms with E-state index >= 15 is 0 Å². The van der Waals surface area contributed by atoms with Crippen molar-refractivity contribution in [1.82, 2.24) is 21.3 Å². The van der Waals surface area contributed by atoms with Gasteiger partial charge in [0, 0.05) is 37.8 Å². The Morgan fingerprint density at radius 3 is 2.21 bits per heavy atom. The van der Waals surface area contributed by atoms with Crippen LogP contribution in [0.3, 0.4) is 0 Å². The summed E-state index contributed by atoms with van der Waals surface area (Å²) >= 11 is 0. The Hall–Kier alpha value is -1.54. The maximum absolute atomic E-state index is 10.7. The van der Waals surface area contributed by atoms with Crippen LogP contribution >= 0.6 is 0 Å². The van der Waals surface area contributed by atoms with Gasteiger partial charge in [0.15, 0.2) is 0 Å². The zero-order valence-corrected chi connectivity index (χ0v) is 14.2. The molecule has 134 valence electrons. The third kappa shape index (κ3) is 7.35. The maximum Gasteiger partial charge on any atom is 0.269 e. The van der Waals surface area contributed by atoms with E-state index in [1.807, 2.05) is 12.1 Å². The highest BCUT2D eigenvalue weighted by Gasteiger charge is 2.11. The molecule has 0 radical (unpaired) electrons. The van der Waals surface area contributed by atoms with E-state index in [0.29, 0.717) is 6.04 Å². The number of non-ortho nitro benzene ring substituents is 1. The highest BCUT2D eigenvalue weighted by Crippen LogP contribution is 2.13. The molecule has 7 nitrogen and oxygen atoms in total. The third-order valence-electron chi connectivity index (χ3n) is 4.17. The molecule has 1 aromatic rings. The van der Waals surface area contributed by atoms with E-state index in [1.165, 1.54) is 0 Å². The molecule has 1 atom stereocenters. The predicted molar refractivity (Wildman–Crippen MR) is 96.4 cm³/mol. The van der Waals surface area contributed by atoms with Gasteiger partial charge in [0.25, 0.3) is 5.69 Å². The summed E-state index contributed by atoms with van der Waals surface area (Å²) in [5.74, 6) is 0. The second-order valence-corrected chi connectivity index (χ2v) is 6.19. The molecule has 0 aromatic heterocycles. The van der Waals surface area contributed by atoms with Crippen LogP contribution < -0.4 is 21.3 Å². The number of nitrogens with zero attached hydrogens (tertiary/aromatic N) is 1. The summed E-state index contributed by atoms with van der Waals surface area (Å²) in [5, 5.41) is 24.7. The van der Waals surface area contributed by atoms with Gasteiger partial charge in [0.1, 0.15) is 0 Å². The maximum atomic E-state index is 10.7. The molecule has 1 heterocycles. The minimum absolute atomic E-state index is 0.148. The molecule has 24 heavy (non-hydrogen) atoms. The Morgan fingerprint density at radius 1 is 0.917 bits per heavy atom. The highest BCUT2D eigenvalue weighted by molar-refractivity contribution is 5.33. The van der Waals surface area contributed by atoms with Crippen LogP contribution in [0.2, 0.25) is 0 Å². The van der Waals surface area contributed by atoms with E-state index in [0.717, 1.165) is 70.6 Å². The van der Waals surface area contributed by atoms with Gasteiger partial charge in [-0.3, -0.25) is 10.1 Å². The summed E-state index contributed by atoms with van der Waals surface area (Å²) in [6.07, 6.45) is 3.08. The molecule has 2 rings (SSSR count). The lowest BCUT2D eigenvalue weighted by Gasteiger charge is -2.20. The van der Waals surface area contributed by atoms with Crippen LogP contribution in [0.4, 0.5) is 5.69 Å². The molecule has 0 bridgehead atoms. The molecule has 1 aliphatic rings. The number of benzene rings is 1. The molecule has 0 aliphatic carbocycles. The van der Waals surface area contributed by atoms with Crippen LogP contribution in [0.1, 0.15) is 18.4 Å². The number of hydrogen-bond donors (Lipinski definition) is 4. The number of hydrogen-bond acceptors (Lipinski definition) is 6. The predicted octanol–water partition coefficient (Wildman–Crippen LogP) is 0.658. The molecule has 0 spiro atoms. The minimum atomic E-state index is -0.355. The smallest absolute Gasteiger partial charge is 0.269 e. The summed E-state index contributed by atoms with van der Waals surface area (Å²) in [7, 11) is 0. The van der Waals surface area contributed by atoms with Gasteiger partial charge in [-0.2, -0.15) is 0 Å². The van der Waals surface area contributed by atoms with Crippen molar-refractivity contribution >= 4 is 5.69 Å². The molecule has 4 N–H and O–H groups in total. The van der Waals surface area contributed by atoms with Gasteiger partial charge in [-0.15, -0.1) is 0 Å². The largest absolute Gasteiger partial charge is 0.315 e. The van der Waals surface area contributed by atoms with E-state index in [-0.39, 0.29) is 10.6 Å². The number of rotatable bonds is 3. The SMILES string of the molecule is O=[N+]([O-])c1ccc(CC2CNCCCNCCNCCCN2)cc1. The standard InChI is InChI=1S/C17H29N5O2/c23-22(24)17-5-3-15(4-6-17)13-16-14-20-9-1-7-18-11-12-19-8-2-10-21-16/h3-6,16,18-21H,1-2,7-14H2. The van der Waals surface area contributed by atoms with Crippen LogP contribution in [-0.2, 0) is 6.42 Å². The Kier molecular flexibility index (Phi) is 8.69. The molecule has 7 heteroatoms. The van der Waals surface area contributed by atoms with Gasteiger partial charge < -0.3 is 21.3 Å². The average molecular weight is 335 g/mol. The first kappa shape index (κ1) is 18.8. The molecule has 1 aliphatic heterocycles. The van der Waals surface area contributed by atoms with E-state index < -0.39 is 0 Å². The molecule has 1 unspecified atom stereocenters. The van der Waals surface area contributed by atoms with Gasteiger partial charge in [0.05, 0.1) is 4.92 Å². The van der Waals surface area contributed by atoms with Crippen LogP contribution in [0, 0.1) is 10.1 Å². The van der Waals surface area contributed by atoms with Crippen LogP contribution in [0.5, 0.6) is 0 Å². The quantitative estimate of drug-likeness (QED) is 0.479. The Labute approximate surface area is 143 Å². The topological polar surface area (TPSA) is 91.3 Å². The fraction of sp³-hybridized carbons (Fsp3) is 0.647. The lowest BCUT2D eigenvalue weighted by molar-refractivity contribution is -0.384. The highest BCUT2D eigenvalue weighted by atomic mass is 16.6. The van der Waals surface area contributed by atoms with E-state index in [9.17, 15) is 10.1 Å². The Bertz CT molecular complexity index is 466. The fourth-order valence-electron chi connectivity index (χ4n) is 2.82. The van der Waals surface area contributed by atoms with Crippen molar-refractivity contribution in [3.63, 3.8) is 0 Å². The van der Waals surface area contributed by atoms with Crippen molar-refractivity contribution in [2.24, 2.45) is 0 Å². The van der Waals surface area contributed by atoms with Crippen molar-refractivity contribution in [2.45, 2.75) is 25.3 Å². The second kappa shape index (κ2) is 11.1. The van der Waals surface area contributed by atoms with Crippen molar-refractivity contribution in [2.75, 3.05) is 45.8 Å². The van der Waals surface area contributed by atoms with Crippen LogP contribution in [-0.4, -0.2) is 56.8 Å². The zero-order chi connectivity index (χ0) is 17.0. The van der Waals surface area contributed by atoms with Gasteiger partial charge >= 0.3 is 0 Å². The first-order valence-electron chi connectivity index (χ1n) is 8.84. The van der Waals surface area contributed by atoms with Gasteiger partial charge in [-0.1, -0.05) is 12.1 Å². The Morgan fingerprint density at radius 2 is 1.54 bits per heavy atom. The van der Waals surface area contributed by atoms with E-state index in [1.54, 1.807) is 12.1 Å². The molecule has 1 aromatic carbocycles. The molecular formula is C17H29N5O2. The Balaban J connectivity index is 1.85. The van der Waals surface area contributed by atoms with Crippen LogP contribution in [0.15, 0.2) is 24.3 Å². The lowest BCUT2D eigenvalue weighted by atomic mass is 10.1. The monoisotopic (exact) mass is 335 g/mol. The summed E-state index contributed by atoms with van der Waals surface area (Å²) in [4.78, 5) is 10.4. The van der Waals surface area contributed by atoms with Gasteiger partial charge in [-0.25, -0.2) is 0 Å². The van der Waals surface area contributed by atoms with Gasteiger partial charge in [0.2, 0.25) is 0 Å². The molecule has 0 amide bonds. The normalized spacial score (nSPS) is 21.8. The van der Waals surface area contributed by atoms with E-state index in [2.05, 4.69) is 21.3 Å². The number of nitrogens with one attached hydrogen (secondary N) is 4. The summed E-state index contributed by atoms with van der Waals surface area (Å²) in [5.41, 5.74) is 1.27. The lowest BCUT2D eigenvalue weighted by Crippen LogP contribution is -2.42. The zero-order valence-electron chi connectivity index (χ0n) is 14.2. The van der Waals surface area contributed by atoms with Crippen molar-refractivity contribution in [3.8, 4) is 0 Å². The molecule has 1 saturated heterocycles. The summed E-state index contributed by atoms with van der Waals surface area (Å²) in [6, 6.07) is 7.22. The van der Waals surface area contributed by atoms with Crippen molar-refractivity contribution in [1.29, 1.82) is 0 Å². The molecule has 1 fully saturated rings. The van der Waals surface area contributed by atoms with Crippen molar-refractivity contribution in [3.05, 3.63) is 39.9 Å². The number of nitro groups is 1. The summed E-state index contributed by atoms with van der Waals surface area (Å²) < 4.78 is 0.